The molecule has 184 valence electrons. The number of rotatable bonds is 4. The van der Waals surface area contributed by atoms with Crippen LogP contribution in [-0.4, -0.2) is 51.8 Å². The zero-order chi connectivity index (χ0) is 24.3. The number of halogens is 1. The lowest BCUT2D eigenvalue weighted by Gasteiger charge is -2.54. The second kappa shape index (κ2) is 8.16. The molecular formula is C27H26FN5O3. The standard InChI is InChI=1S/C27H26FN5O3/c1-17-11-32(16-29-17)23-7-4-19(22-10-30-36-25(22)23)8-20-9-27(14-34-15-27)13-33-24(12-35-31-26(20)33)18-2-5-21(28)6-3-18/h2-7,10-11,16,20,24H,8-9,12-15H2,1H3. The van der Waals surface area contributed by atoms with Gasteiger partial charge in [-0.3, -0.25) is 0 Å². The minimum Gasteiger partial charge on any atom is -0.392 e. The predicted molar refractivity (Wildman–Crippen MR) is 130 cm³/mol. The third-order valence-corrected chi connectivity index (χ3v) is 7.73. The Labute approximate surface area is 207 Å². The molecule has 8 nitrogen and oxygen atoms in total. The van der Waals surface area contributed by atoms with E-state index in [1.807, 2.05) is 29.8 Å². The lowest BCUT2D eigenvalue weighted by atomic mass is 9.71. The smallest absolute Gasteiger partial charge is 0.191 e. The Hall–Kier alpha value is -3.72. The van der Waals surface area contributed by atoms with E-state index in [4.69, 9.17) is 14.1 Å². The van der Waals surface area contributed by atoms with Crippen LogP contribution >= 0.6 is 0 Å². The summed E-state index contributed by atoms with van der Waals surface area (Å²) >= 11 is 0. The number of ether oxygens (including phenoxy) is 1. The Kier molecular flexibility index (Phi) is 4.89. The van der Waals surface area contributed by atoms with Crippen LogP contribution in [0.2, 0.25) is 0 Å². The quantitative estimate of drug-likeness (QED) is 0.424. The van der Waals surface area contributed by atoms with E-state index in [-0.39, 0.29) is 23.2 Å². The fraction of sp³-hybridized carbons (Fsp3) is 0.370. The molecule has 0 saturated carbocycles. The van der Waals surface area contributed by atoms with Crippen LogP contribution in [0.1, 0.15) is 29.3 Å². The molecule has 5 heterocycles. The molecule has 0 amide bonds. The number of imidazole rings is 1. The summed E-state index contributed by atoms with van der Waals surface area (Å²) in [5, 5.41) is 9.67. The SMILES string of the molecule is Cc1cn(-c2ccc(CC3CC4(COC4)CN4C3=NOCC4c3ccc(F)cc3)c3cnoc23)cn1. The number of amidine groups is 1. The fourth-order valence-corrected chi connectivity index (χ4v) is 5.94. The molecule has 2 aromatic carbocycles. The van der Waals surface area contributed by atoms with E-state index in [2.05, 4.69) is 32.3 Å². The van der Waals surface area contributed by atoms with Gasteiger partial charge in [-0.1, -0.05) is 28.5 Å². The molecule has 0 aliphatic carbocycles. The molecule has 9 heteroatoms. The molecule has 2 fully saturated rings. The van der Waals surface area contributed by atoms with Crippen LogP contribution < -0.4 is 0 Å². The van der Waals surface area contributed by atoms with Crippen molar-refractivity contribution in [1.82, 2.24) is 19.6 Å². The molecular weight excluding hydrogens is 461 g/mol. The second-order valence-corrected chi connectivity index (χ2v) is 10.3. The number of oxime groups is 1. The van der Waals surface area contributed by atoms with Gasteiger partial charge in [0.15, 0.2) is 5.58 Å². The highest BCUT2D eigenvalue weighted by Gasteiger charge is 2.50. The van der Waals surface area contributed by atoms with E-state index in [1.54, 1.807) is 12.5 Å². The van der Waals surface area contributed by atoms with Crippen molar-refractivity contribution >= 4 is 16.8 Å². The lowest BCUT2D eigenvalue weighted by molar-refractivity contribution is -0.145. The van der Waals surface area contributed by atoms with Crippen molar-refractivity contribution in [2.45, 2.75) is 25.8 Å². The van der Waals surface area contributed by atoms with Crippen LogP contribution in [-0.2, 0) is 16.0 Å². The highest BCUT2D eigenvalue weighted by molar-refractivity contribution is 5.90. The van der Waals surface area contributed by atoms with Crippen LogP contribution in [0.5, 0.6) is 0 Å². The summed E-state index contributed by atoms with van der Waals surface area (Å²) in [5.74, 6) is 0.856. The average molecular weight is 488 g/mol. The van der Waals surface area contributed by atoms with Crippen LogP contribution in [0.3, 0.4) is 0 Å². The maximum Gasteiger partial charge on any atom is 0.191 e. The van der Waals surface area contributed by atoms with Crippen molar-refractivity contribution in [2.24, 2.45) is 16.5 Å². The topological polar surface area (TPSA) is 77.9 Å². The molecule has 0 radical (unpaired) electrons. The van der Waals surface area contributed by atoms with Crippen LogP contribution in [0.4, 0.5) is 4.39 Å². The molecule has 7 rings (SSSR count). The molecule has 3 aliphatic heterocycles. The Balaban J connectivity index is 1.24. The molecule has 3 aliphatic rings. The van der Waals surface area contributed by atoms with Crippen molar-refractivity contribution in [3.63, 3.8) is 0 Å². The van der Waals surface area contributed by atoms with Crippen LogP contribution in [0, 0.1) is 24.1 Å². The summed E-state index contributed by atoms with van der Waals surface area (Å²) in [6, 6.07) is 10.9. The highest BCUT2D eigenvalue weighted by atomic mass is 19.1. The Morgan fingerprint density at radius 1 is 1.14 bits per heavy atom. The van der Waals surface area contributed by atoms with Gasteiger partial charge in [0.25, 0.3) is 0 Å². The molecule has 0 bridgehead atoms. The van der Waals surface area contributed by atoms with Crippen LogP contribution in [0.15, 0.2) is 64.8 Å². The Morgan fingerprint density at radius 2 is 2.00 bits per heavy atom. The fourth-order valence-electron chi connectivity index (χ4n) is 5.94. The predicted octanol–water partition coefficient (Wildman–Crippen LogP) is 4.43. The summed E-state index contributed by atoms with van der Waals surface area (Å²) < 4.78 is 27.0. The van der Waals surface area contributed by atoms with E-state index in [1.165, 1.54) is 12.1 Å². The monoisotopic (exact) mass is 487 g/mol. The number of aryl methyl sites for hydroxylation is 1. The molecule has 0 N–H and O–H groups in total. The van der Waals surface area contributed by atoms with Gasteiger partial charge in [-0.05, 0) is 49.1 Å². The Bertz CT molecular complexity index is 1460. The van der Waals surface area contributed by atoms with Crippen molar-refractivity contribution < 1.29 is 18.5 Å². The number of aromatic nitrogens is 3. The summed E-state index contributed by atoms with van der Waals surface area (Å²) in [7, 11) is 0. The van der Waals surface area contributed by atoms with Gasteiger partial charge in [0.2, 0.25) is 0 Å². The number of nitrogens with zero attached hydrogens (tertiary/aromatic N) is 5. The van der Waals surface area contributed by atoms with Crippen LogP contribution in [0.25, 0.3) is 16.7 Å². The first kappa shape index (κ1) is 21.6. The summed E-state index contributed by atoms with van der Waals surface area (Å²) in [6.45, 7) is 4.74. The van der Waals surface area contributed by atoms with E-state index in [0.717, 1.165) is 71.9 Å². The Morgan fingerprint density at radius 3 is 2.75 bits per heavy atom. The minimum atomic E-state index is -0.239. The van der Waals surface area contributed by atoms with Gasteiger partial charge < -0.3 is 23.6 Å². The van der Waals surface area contributed by atoms with E-state index >= 15 is 0 Å². The zero-order valence-corrected chi connectivity index (χ0v) is 19.9. The number of hydrogen-bond donors (Lipinski definition) is 0. The second-order valence-electron chi connectivity index (χ2n) is 10.3. The van der Waals surface area contributed by atoms with Gasteiger partial charge in [-0.2, -0.15) is 0 Å². The van der Waals surface area contributed by atoms with Gasteiger partial charge in [-0.15, -0.1) is 0 Å². The molecule has 2 saturated heterocycles. The van der Waals surface area contributed by atoms with Crippen molar-refractivity contribution in [2.75, 3.05) is 26.4 Å². The molecule has 36 heavy (non-hydrogen) atoms. The first-order valence-corrected chi connectivity index (χ1v) is 12.3. The largest absolute Gasteiger partial charge is 0.392 e. The van der Waals surface area contributed by atoms with Gasteiger partial charge in [-0.25, -0.2) is 9.37 Å². The highest BCUT2D eigenvalue weighted by Crippen LogP contribution is 2.45. The zero-order valence-electron chi connectivity index (χ0n) is 19.9. The van der Waals surface area contributed by atoms with Crippen molar-refractivity contribution in [1.29, 1.82) is 0 Å². The minimum absolute atomic E-state index is 0.0131. The molecule has 4 aromatic rings. The number of benzene rings is 2. The van der Waals surface area contributed by atoms with Gasteiger partial charge in [0, 0.05) is 29.5 Å². The van der Waals surface area contributed by atoms with Gasteiger partial charge in [0.1, 0.15) is 18.3 Å². The molecule has 2 atom stereocenters. The van der Waals surface area contributed by atoms with E-state index < -0.39 is 0 Å². The maximum absolute atomic E-state index is 13.6. The van der Waals surface area contributed by atoms with Gasteiger partial charge >= 0.3 is 0 Å². The molecule has 2 aromatic heterocycles. The first-order chi connectivity index (χ1) is 17.6. The van der Waals surface area contributed by atoms with E-state index in [0.29, 0.717) is 6.61 Å². The van der Waals surface area contributed by atoms with E-state index in [9.17, 15) is 4.39 Å². The summed E-state index contributed by atoms with van der Waals surface area (Å²) in [5.41, 5.74) is 4.86. The number of hydrogen-bond acceptors (Lipinski definition) is 7. The van der Waals surface area contributed by atoms with Crippen molar-refractivity contribution in [3.8, 4) is 5.69 Å². The third-order valence-electron chi connectivity index (χ3n) is 7.73. The number of fused-ring (bicyclic) bond motifs is 2. The number of piperidine rings is 1. The maximum atomic E-state index is 13.6. The summed E-state index contributed by atoms with van der Waals surface area (Å²) in [6.07, 6.45) is 7.30. The van der Waals surface area contributed by atoms with Gasteiger partial charge in [0.05, 0.1) is 43.2 Å². The average Bonchev–Trinajstić information content (AvgIpc) is 3.53. The molecule has 2 unspecified atom stereocenters. The lowest BCUT2D eigenvalue weighted by Crippen LogP contribution is -2.61. The first-order valence-electron chi connectivity index (χ1n) is 12.3. The molecule has 1 spiro atoms. The summed E-state index contributed by atoms with van der Waals surface area (Å²) in [4.78, 5) is 12.5. The third kappa shape index (κ3) is 3.49. The van der Waals surface area contributed by atoms with Crippen molar-refractivity contribution in [3.05, 3.63) is 77.8 Å². The normalized spacial score (nSPS) is 22.7.